The van der Waals surface area contributed by atoms with Crippen molar-refractivity contribution < 1.29 is 23.9 Å². The Balaban J connectivity index is 2.12. The highest BCUT2D eigenvalue weighted by Gasteiger charge is 2.43. The van der Waals surface area contributed by atoms with Gasteiger partial charge < -0.3 is 14.8 Å². The minimum absolute atomic E-state index is 0.101. The largest absolute Gasteiger partial charge is 0.465 e. The number of carbonyl (C=O) groups excluding carboxylic acids is 3. The van der Waals surface area contributed by atoms with Crippen molar-refractivity contribution in [2.75, 3.05) is 7.11 Å². The SMILES string of the molecule is COC(=O)c1ccccc1[C@H]1NC(=O)N(C2CC2)C(C)=C1C(=O)OC(C)C. The number of hydrogen-bond acceptors (Lipinski definition) is 5. The highest BCUT2D eigenvalue weighted by atomic mass is 16.5. The van der Waals surface area contributed by atoms with Gasteiger partial charge in [0.2, 0.25) is 0 Å². The first kappa shape index (κ1) is 18.9. The van der Waals surface area contributed by atoms with Crippen LogP contribution in [0.15, 0.2) is 35.5 Å². The molecule has 1 aromatic rings. The molecule has 1 fully saturated rings. The molecule has 0 bridgehead atoms. The van der Waals surface area contributed by atoms with Crippen molar-refractivity contribution in [2.45, 2.75) is 51.8 Å². The number of esters is 2. The topological polar surface area (TPSA) is 84.9 Å². The first-order chi connectivity index (χ1) is 12.8. The Bertz CT molecular complexity index is 810. The Morgan fingerprint density at radius 1 is 1.19 bits per heavy atom. The van der Waals surface area contributed by atoms with Crippen LogP contribution < -0.4 is 5.32 Å². The highest BCUT2D eigenvalue weighted by molar-refractivity contribution is 5.97. The lowest BCUT2D eigenvalue weighted by atomic mass is 9.91. The maximum atomic E-state index is 12.9. The normalized spacial score (nSPS) is 19.8. The summed E-state index contributed by atoms with van der Waals surface area (Å²) >= 11 is 0. The third-order valence-corrected chi connectivity index (χ3v) is 4.68. The van der Waals surface area contributed by atoms with E-state index in [1.807, 2.05) is 0 Å². The number of urea groups is 1. The molecule has 7 heteroatoms. The summed E-state index contributed by atoms with van der Waals surface area (Å²) < 4.78 is 10.3. The van der Waals surface area contributed by atoms with Crippen molar-refractivity contribution in [1.82, 2.24) is 10.2 Å². The van der Waals surface area contributed by atoms with Crippen molar-refractivity contribution >= 4 is 18.0 Å². The van der Waals surface area contributed by atoms with E-state index in [1.165, 1.54) is 7.11 Å². The van der Waals surface area contributed by atoms with E-state index in [2.05, 4.69) is 5.32 Å². The van der Waals surface area contributed by atoms with Crippen LogP contribution in [0.25, 0.3) is 0 Å². The van der Waals surface area contributed by atoms with E-state index >= 15 is 0 Å². The molecule has 1 N–H and O–H groups in total. The van der Waals surface area contributed by atoms with Crippen molar-refractivity contribution in [1.29, 1.82) is 0 Å². The first-order valence-electron chi connectivity index (χ1n) is 9.03. The molecular weight excluding hydrogens is 348 g/mol. The molecule has 2 amide bonds. The molecule has 144 valence electrons. The summed E-state index contributed by atoms with van der Waals surface area (Å²) in [5, 5.41) is 2.88. The molecule has 0 radical (unpaired) electrons. The number of rotatable bonds is 5. The van der Waals surface area contributed by atoms with Gasteiger partial charge in [-0.2, -0.15) is 0 Å². The van der Waals surface area contributed by atoms with Gasteiger partial charge in [-0.15, -0.1) is 0 Å². The Morgan fingerprint density at radius 2 is 1.85 bits per heavy atom. The van der Waals surface area contributed by atoms with Gasteiger partial charge in [0, 0.05) is 11.7 Å². The van der Waals surface area contributed by atoms with Gasteiger partial charge in [-0.05, 0) is 45.2 Å². The fourth-order valence-corrected chi connectivity index (χ4v) is 3.35. The van der Waals surface area contributed by atoms with Crippen molar-refractivity contribution in [2.24, 2.45) is 0 Å². The van der Waals surface area contributed by atoms with Gasteiger partial charge >= 0.3 is 18.0 Å². The lowest BCUT2D eigenvalue weighted by molar-refractivity contribution is -0.143. The van der Waals surface area contributed by atoms with E-state index < -0.39 is 18.0 Å². The lowest BCUT2D eigenvalue weighted by Gasteiger charge is -2.36. The average molecular weight is 372 g/mol. The first-order valence-corrected chi connectivity index (χ1v) is 9.03. The Kier molecular flexibility index (Phi) is 5.21. The maximum absolute atomic E-state index is 12.9. The van der Waals surface area contributed by atoms with Crippen LogP contribution in [0.1, 0.15) is 55.6 Å². The summed E-state index contributed by atoms with van der Waals surface area (Å²) in [6.07, 6.45) is 1.50. The highest BCUT2D eigenvalue weighted by Crippen LogP contribution is 2.38. The number of carbonyl (C=O) groups is 3. The third-order valence-electron chi connectivity index (χ3n) is 4.68. The van der Waals surface area contributed by atoms with Crippen molar-refractivity contribution in [3.8, 4) is 0 Å². The van der Waals surface area contributed by atoms with Gasteiger partial charge in [0.05, 0.1) is 30.4 Å². The number of hydrogen-bond donors (Lipinski definition) is 1. The molecule has 1 aliphatic heterocycles. The molecule has 0 spiro atoms. The molecule has 27 heavy (non-hydrogen) atoms. The number of ether oxygens (including phenoxy) is 2. The van der Waals surface area contributed by atoms with Crippen LogP contribution in [0.2, 0.25) is 0 Å². The molecule has 7 nitrogen and oxygen atoms in total. The summed E-state index contributed by atoms with van der Waals surface area (Å²) in [5.41, 5.74) is 1.71. The zero-order chi connectivity index (χ0) is 19.7. The Hall–Kier alpha value is -2.83. The van der Waals surface area contributed by atoms with Gasteiger partial charge in [-0.1, -0.05) is 18.2 Å². The van der Waals surface area contributed by atoms with Crippen molar-refractivity contribution in [3.05, 3.63) is 46.7 Å². The number of benzene rings is 1. The van der Waals surface area contributed by atoms with E-state index in [0.29, 0.717) is 22.4 Å². The molecule has 1 atom stereocenters. The predicted molar refractivity (Wildman–Crippen MR) is 97.8 cm³/mol. The molecule has 1 saturated carbocycles. The molecule has 1 aliphatic carbocycles. The molecule has 0 saturated heterocycles. The third kappa shape index (κ3) is 3.67. The monoisotopic (exact) mass is 372 g/mol. The van der Waals surface area contributed by atoms with E-state index in [9.17, 15) is 14.4 Å². The van der Waals surface area contributed by atoms with Gasteiger partial charge in [-0.3, -0.25) is 4.90 Å². The maximum Gasteiger partial charge on any atom is 0.338 e. The van der Waals surface area contributed by atoms with Crippen LogP contribution in [0, 0.1) is 0 Å². The minimum atomic E-state index is -0.783. The molecule has 1 heterocycles. The van der Waals surface area contributed by atoms with E-state index in [1.54, 1.807) is 49.9 Å². The van der Waals surface area contributed by atoms with E-state index in [-0.39, 0.29) is 18.2 Å². The molecular formula is C20H24N2O5. The quantitative estimate of drug-likeness (QED) is 0.804. The van der Waals surface area contributed by atoms with E-state index in [0.717, 1.165) is 12.8 Å². The summed E-state index contributed by atoms with van der Waals surface area (Å²) in [7, 11) is 1.29. The summed E-state index contributed by atoms with van der Waals surface area (Å²) in [5.74, 6) is -1.03. The number of methoxy groups -OCH3 is 1. The van der Waals surface area contributed by atoms with Crippen LogP contribution in [0.4, 0.5) is 4.79 Å². The molecule has 3 rings (SSSR count). The molecule has 0 unspecified atom stereocenters. The zero-order valence-corrected chi connectivity index (χ0v) is 15.9. The minimum Gasteiger partial charge on any atom is -0.465 e. The van der Waals surface area contributed by atoms with Gasteiger partial charge in [0.15, 0.2) is 0 Å². The molecule has 0 aromatic heterocycles. The number of nitrogens with one attached hydrogen (secondary N) is 1. The van der Waals surface area contributed by atoms with E-state index in [4.69, 9.17) is 9.47 Å². The number of nitrogens with zero attached hydrogens (tertiary/aromatic N) is 1. The zero-order valence-electron chi connectivity index (χ0n) is 15.9. The Morgan fingerprint density at radius 3 is 2.44 bits per heavy atom. The molecule has 1 aromatic carbocycles. The van der Waals surface area contributed by atoms with Crippen LogP contribution in [0.3, 0.4) is 0 Å². The van der Waals surface area contributed by atoms with Crippen molar-refractivity contribution in [3.63, 3.8) is 0 Å². The number of amides is 2. The standard InChI is InChI=1S/C20H24N2O5/c1-11(2)27-19(24)16-12(3)22(13-9-10-13)20(25)21-17(16)14-7-5-6-8-15(14)18(23)26-4/h5-8,11,13,17H,9-10H2,1-4H3,(H,21,25)/t17-/m1/s1. The van der Waals surface area contributed by atoms with Crippen LogP contribution >= 0.6 is 0 Å². The fourth-order valence-electron chi connectivity index (χ4n) is 3.35. The predicted octanol–water partition coefficient (Wildman–Crippen LogP) is 2.93. The summed E-state index contributed by atoms with van der Waals surface area (Å²) in [6, 6.07) is 5.82. The second-order valence-corrected chi connectivity index (χ2v) is 7.02. The van der Waals surface area contributed by atoms with Gasteiger partial charge in [0.1, 0.15) is 0 Å². The number of allylic oxidation sites excluding steroid dienone is 1. The smallest absolute Gasteiger partial charge is 0.338 e. The lowest BCUT2D eigenvalue weighted by Crippen LogP contribution is -2.49. The Labute approximate surface area is 158 Å². The van der Waals surface area contributed by atoms with Crippen LogP contribution in [-0.4, -0.2) is 42.1 Å². The molecule has 2 aliphatic rings. The second-order valence-electron chi connectivity index (χ2n) is 7.02. The van der Waals surface area contributed by atoms with Gasteiger partial charge in [0.25, 0.3) is 0 Å². The van der Waals surface area contributed by atoms with Crippen LogP contribution in [-0.2, 0) is 14.3 Å². The van der Waals surface area contributed by atoms with Crippen LogP contribution in [0.5, 0.6) is 0 Å². The summed E-state index contributed by atoms with van der Waals surface area (Å²) in [6.45, 7) is 5.29. The average Bonchev–Trinajstić information content (AvgIpc) is 3.44. The second kappa shape index (κ2) is 7.42. The fraction of sp³-hybridized carbons (Fsp3) is 0.450. The van der Waals surface area contributed by atoms with Gasteiger partial charge in [-0.25, -0.2) is 14.4 Å². The summed E-state index contributed by atoms with van der Waals surface area (Å²) in [4.78, 5) is 39.4.